The summed E-state index contributed by atoms with van der Waals surface area (Å²) in [6, 6.07) is 12.1. The van der Waals surface area contributed by atoms with Crippen molar-refractivity contribution in [1.29, 1.82) is 0 Å². The summed E-state index contributed by atoms with van der Waals surface area (Å²) in [7, 11) is 0. The van der Waals surface area contributed by atoms with Crippen LogP contribution >= 0.6 is 27.5 Å². The lowest BCUT2D eigenvalue weighted by Gasteiger charge is -2.23. The maximum atomic E-state index is 12.6. The van der Waals surface area contributed by atoms with Gasteiger partial charge in [-0.25, -0.2) is 4.98 Å². The highest BCUT2D eigenvalue weighted by atomic mass is 79.9. The van der Waals surface area contributed by atoms with E-state index in [0.717, 1.165) is 22.0 Å². The van der Waals surface area contributed by atoms with Crippen LogP contribution in [0.15, 0.2) is 50.1 Å². The molecule has 0 aliphatic heterocycles. The molecule has 0 spiro atoms. The molecular formula is C23H21BrClN3O2. The Hall–Kier alpha value is -2.15. The van der Waals surface area contributed by atoms with Gasteiger partial charge in [-0.2, -0.15) is 0 Å². The zero-order valence-corrected chi connectivity index (χ0v) is 18.6. The summed E-state index contributed by atoms with van der Waals surface area (Å²) in [5.74, 6) is 0.437. The van der Waals surface area contributed by atoms with E-state index < -0.39 is 0 Å². The second-order valence-corrected chi connectivity index (χ2v) is 9.19. The largest absolute Gasteiger partial charge is 0.449 e. The number of hydrogen-bond acceptors (Lipinski definition) is 4. The molecule has 1 aliphatic rings. The van der Waals surface area contributed by atoms with Crippen LogP contribution < -0.4 is 10.9 Å². The van der Waals surface area contributed by atoms with Crippen LogP contribution in [0.2, 0.25) is 5.02 Å². The number of nitrogens with zero attached hydrogens (tertiary/aromatic N) is 1. The number of aromatic nitrogens is 2. The molecule has 5 nitrogen and oxygen atoms in total. The molecule has 7 heteroatoms. The third kappa shape index (κ3) is 3.80. The normalized spacial score (nSPS) is 15.3. The number of halogens is 2. The number of fused-ring (bicyclic) bond motifs is 3. The van der Waals surface area contributed by atoms with Crippen molar-refractivity contribution in [2.75, 3.05) is 0 Å². The highest BCUT2D eigenvalue weighted by Crippen LogP contribution is 2.31. The van der Waals surface area contributed by atoms with E-state index in [9.17, 15) is 4.79 Å². The summed E-state index contributed by atoms with van der Waals surface area (Å²) in [6.07, 6.45) is 6.44. The van der Waals surface area contributed by atoms with E-state index in [1.54, 1.807) is 0 Å². The SMILES string of the molecule is O=c1[nH]c(-c2ccc(CNC3CCCCC3)cc2Cl)nc2c1oc1ccc(Br)cc12. The maximum Gasteiger partial charge on any atom is 0.294 e. The Kier molecular flexibility index (Phi) is 5.39. The molecule has 4 aromatic rings. The van der Waals surface area contributed by atoms with Crippen LogP contribution in [0.3, 0.4) is 0 Å². The average molecular weight is 487 g/mol. The van der Waals surface area contributed by atoms with Gasteiger partial charge in [-0.15, -0.1) is 0 Å². The van der Waals surface area contributed by atoms with Crippen molar-refractivity contribution in [3.8, 4) is 11.4 Å². The molecule has 0 amide bonds. The van der Waals surface area contributed by atoms with Crippen molar-refractivity contribution in [3.63, 3.8) is 0 Å². The molecule has 0 saturated heterocycles. The van der Waals surface area contributed by atoms with Crippen molar-refractivity contribution in [2.45, 2.75) is 44.7 Å². The van der Waals surface area contributed by atoms with E-state index in [2.05, 4.69) is 31.2 Å². The van der Waals surface area contributed by atoms with Crippen LogP contribution in [0.1, 0.15) is 37.7 Å². The van der Waals surface area contributed by atoms with Gasteiger partial charge in [0.25, 0.3) is 5.56 Å². The van der Waals surface area contributed by atoms with Crippen molar-refractivity contribution >= 4 is 49.6 Å². The molecule has 0 bridgehead atoms. The van der Waals surface area contributed by atoms with Gasteiger partial charge in [-0.3, -0.25) is 4.79 Å². The molecule has 0 atom stereocenters. The number of furan rings is 1. The van der Waals surface area contributed by atoms with Crippen LogP contribution in [-0.2, 0) is 6.54 Å². The van der Waals surface area contributed by atoms with Gasteiger partial charge in [0.2, 0.25) is 5.58 Å². The second-order valence-electron chi connectivity index (χ2n) is 7.86. The van der Waals surface area contributed by atoms with Gasteiger partial charge in [0.05, 0.1) is 5.02 Å². The van der Waals surface area contributed by atoms with Gasteiger partial charge in [-0.1, -0.05) is 52.9 Å². The highest BCUT2D eigenvalue weighted by molar-refractivity contribution is 9.10. The van der Waals surface area contributed by atoms with E-state index in [4.69, 9.17) is 16.0 Å². The van der Waals surface area contributed by atoms with Gasteiger partial charge < -0.3 is 14.7 Å². The Morgan fingerprint density at radius 1 is 1.17 bits per heavy atom. The van der Waals surface area contributed by atoms with Gasteiger partial charge in [0, 0.05) is 28.0 Å². The van der Waals surface area contributed by atoms with Crippen LogP contribution in [0.5, 0.6) is 0 Å². The minimum Gasteiger partial charge on any atom is -0.449 e. The fourth-order valence-corrected chi connectivity index (χ4v) is 4.84. The summed E-state index contributed by atoms with van der Waals surface area (Å²) >= 11 is 10.1. The number of aromatic amines is 1. The van der Waals surface area contributed by atoms with E-state index >= 15 is 0 Å². The summed E-state index contributed by atoms with van der Waals surface area (Å²) in [6.45, 7) is 0.786. The molecule has 1 saturated carbocycles. The number of benzene rings is 2. The Bertz CT molecular complexity index is 1290. The minimum atomic E-state index is -0.318. The summed E-state index contributed by atoms with van der Waals surface area (Å²) in [5.41, 5.74) is 2.87. The van der Waals surface area contributed by atoms with Crippen LogP contribution in [0, 0.1) is 0 Å². The minimum absolute atomic E-state index is 0.219. The van der Waals surface area contributed by atoms with Crippen LogP contribution in [0.25, 0.3) is 33.5 Å². The quantitative estimate of drug-likeness (QED) is 0.362. The van der Waals surface area contributed by atoms with Gasteiger partial charge in [0.1, 0.15) is 16.9 Å². The van der Waals surface area contributed by atoms with Gasteiger partial charge >= 0.3 is 0 Å². The number of H-pyrrole nitrogens is 1. The van der Waals surface area contributed by atoms with Gasteiger partial charge in [-0.05, 0) is 48.7 Å². The third-order valence-corrected chi connectivity index (χ3v) is 6.58. The molecule has 5 rings (SSSR count). The molecule has 1 aliphatic carbocycles. The zero-order chi connectivity index (χ0) is 20.7. The van der Waals surface area contributed by atoms with Crippen molar-refractivity contribution in [2.24, 2.45) is 0 Å². The smallest absolute Gasteiger partial charge is 0.294 e. The van der Waals surface area contributed by atoms with E-state index in [1.165, 1.54) is 32.1 Å². The van der Waals surface area contributed by atoms with Crippen molar-refractivity contribution in [3.05, 3.63) is 61.8 Å². The standard InChI is InChI=1S/C23H21BrClN3O2/c24-14-7-9-19-17(11-14)20-21(30-19)23(29)28-22(27-20)16-8-6-13(10-18(16)25)12-26-15-4-2-1-3-5-15/h6-11,15,26H,1-5,12H2,(H,27,28,29). The first kappa shape index (κ1) is 19.8. The molecule has 1 fully saturated rings. The fourth-order valence-electron chi connectivity index (χ4n) is 4.18. The highest BCUT2D eigenvalue weighted by Gasteiger charge is 2.17. The molecule has 0 radical (unpaired) electrons. The summed E-state index contributed by atoms with van der Waals surface area (Å²) in [4.78, 5) is 20.1. The first-order chi connectivity index (χ1) is 14.6. The molecule has 2 aromatic carbocycles. The van der Waals surface area contributed by atoms with Crippen molar-refractivity contribution in [1.82, 2.24) is 15.3 Å². The molecule has 30 heavy (non-hydrogen) atoms. The van der Waals surface area contributed by atoms with E-state index in [1.807, 2.05) is 36.4 Å². The van der Waals surface area contributed by atoms with Crippen molar-refractivity contribution < 1.29 is 4.42 Å². The summed E-state index contributed by atoms with van der Waals surface area (Å²) in [5, 5.41) is 4.98. The lowest BCUT2D eigenvalue weighted by molar-refractivity contribution is 0.372. The number of nitrogens with one attached hydrogen (secondary N) is 2. The Morgan fingerprint density at radius 3 is 2.80 bits per heavy atom. The predicted octanol–water partition coefficient (Wildman–Crippen LogP) is 6.17. The average Bonchev–Trinajstić information content (AvgIpc) is 3.11. The Morgan fingerprint density at radius 2 is 2.00 bits per heavy atom. The number of rotatable bonds is 4. The zero-order valence-electron chi connectivity index (χ0n) is 16.3. The lowest BCUT2D eigenvalue weighted by atomic mass is 9.95. The Balaban J connectivity index is 1.48. The Labute approximate surface area is 187 Å². The van der Waals surface area contributed by atoms with E-state index in [-0.39, 0.29) is 11.1 Å². The van der Waals surface area contributed by atoms with Gasteiger partial charge in [0.15, 0.2) is 0 Å². The molecule has 2 heterocycles. The first-order valence-corrected chi connectivity index (χ1v) is 11.4. The second kappa shape index (κ2) is 8.17. The maximum absolute atomic E-state index is 12.6. The predicted molar refractivity (Wildman–Crippen MR) is 124 cm³/mol. The fraction of sp³-hybridized carbons (Fsp3) is 0.304. The number of hydrogen-bond donors (Lipinski definition) is 2. The topological polar surface area (TPSA) is 70.9 Å². The molecule has 154 valence electrons. The third-order valence-electron chi connectivity index (χ3n) is 5.77. The molecular weight excluding hydrogens is 466 g/mol. The molecule has 0 unspecified atom stereocenters. The summed E-state index contributed by atoms with van der Waals surface area (Å²) < 4.78 is 6.60. The molecule has 2 aromatic heterocycles. The lowest BCUT2D eigenvalue weighted by Crippen LogP contribution is -2.30. The van der Waals surface area contributed by atoms with Crippen LogP contribution in [0.4, 0.5) is 0 Å². The molecule has 2 N–H and O–H groups in total. The first-order valence-electron chi connectivity index (χ1n) is 10.2. The monoisotopic (exact) mass is 485 g/mol. The van der Waals surface area contributed by atoms with E-state index in [0.29, 0.717) is 33.6 Å². The van der Waals surface area contributed by atoms with Crippen LogP contribution in [-0.4, -0.2) is 16.0 Å².